The lowest BCUT2D eigenvalue weighted by atomic mass is 10.2. The maximum Gasteiger partial charge on any atom is 0.273 e. The number of benzene rings is 2. The fourth-order valence-corrected chi connectivity index (χ4v) is 2.18. The summed E-state index contributed by atoms with van der Waals surface area (Å²) < 4.78 is 10.8. The van der Waals surface area contributed by atoms with Crippen molar-refractivity contribution in [3.63, 3.8) is 0 Å². The summed E-state index contributed by atoms with van der Waals surface area (Å²) in [7, 11) is 1.45. The average Bonchev–Trinajstić information content (AvgIpc) is 2.49. The van der Waals surface area contributed by atoms with Crippen LogP contribution in [0.2, 0.25) is 5.02 Å². The van der Waals surface area contributed by atoms with Crippen molar-refractivity contribution in [1.82, 2.24) is 0 Å². The minimum atomic E-state index is -0.513. The van der Waals surface area contributed by atoms with E-state index in [2.05, 4.69) is 0 Å². The molecule has 0 radical (unpaired) electrons. The molecule has 0 saturated carbocycles. The Labute approximate surface area is 131 Å². The third kappa shape index (κ3) is 3.37. The summed E-state index contributed by atoms with van der Waals surface area (Å²) in [5.74, 6) is 1.12. The third-order valence-electron chi connectivity index (χ3n) is 2.76. The second-order valence-electron chi connectivity index (χ2n) is 4.06. The molecule has 2 aromatic rings. The molecule has 0 aromatic heterocycles. The lowest BCUT2D eigenvalue weighted by Crippen LogP contribution is -1.96. The lowest BCUT2D eigenvalue weighted by molar-refractivity contribution is -0.384. The summed E-state index contributed by atoms with van der Waals surface area (Å²) in [5.41, 5.74) is 0.572. The molecule has 0 aliphatic carbocycles. The first kappa shape index (κ1) is 15.4. The van der Waals surface area contributed by atoms with Gasteiger partial charge in [-0.2, -0.15) is 0 Å². The smallest absolute Gasteiger partial charge is 0.273 e. The highest BCUT2D eigenvalue weighted by Gasteiger charge is 2.16. The molecule has 7 heteroatoms. The van der Waals surface area contributed by atoms with E-state index in [4.69, 9.17) is 32.7 Å². The summed E-state index contributed by atoms with van der Waals surface area (Å²) >= 11 is 11.9. The predicted octanol–water partition coefficient (Wildman–Crippen LogP) is 4.79. The van der Waals surface area contributed by atoms with Crippen LogP contribution in [0.4, 0.5) is 5.69 Å². The molecule has 0 aliphatic rings. The molecular weight excluding hydrogens is 317 g/mol. The molecule has 0 aliphatic heterocycles. The van der Waals surface area contributed by atoms with Crippen LogP contribution in [0, 0.1) is 10.1 Å². The van der Waals surface area contributed by atoms with Gasteiger partial charge in [0.25, 0.3) is 5.69 Å². The molecule has 0 N–H and O–H groups in total. The summed E-state index contributed by atoms with van der Waals surface area (Å²) in [5, 5.41) is 11.2. The van der Waals surface area contributed by atoms with E-state index in [0.29, 0.717) is 22.1 Å². The van der Waals surface area contributed by atoms with E-state index >= 15 is 0 Å². The van der Waals surface area contributed by atoms with E-state index in [9.17, 15) is 10.1 Å². The normalized spacial score (nSPS) is 10.2. The van der Waals surface area contributed by atoms with Crippen LogP contribution in [-0.2, 0) is 5.88 Å². The first-order valence-corrected chi connectivity index (χ1v) is 6.81. The van der Waals surface area contributed by atoms with Crippen LogP contribution in [0.25, 0.3) is 0 Å². The molecule has 5 nitrogen and oxygen atoms in total. The molecule has 21 heavy (non-hydrogen) atoms. The van der Waals surface area contributed by atoms with E-state index in [1.165, 1.54) is 25.3 Å². The van der Waals surface area contributed by atoms with Gasteiger partial charge in [-0.05, 0) is 12.1 Å². The number of hydrogen-bond acceptors (Lipinski definition) is 4. The highest BCUT2D eigenvalue weighted by Crippen LogP contribution is 2.39. The van der Waals surface area contributed by atoms with E-state index in [1.54, 1.807) is 18.2 Å². The molecule has 0 amide bonds. The molecule has 0 heterocycles. The predicted molar refractivity (Wildman–Crippen MR) is 80.7 cm³/mol. The molecule has 0 fully saturated rings. The van der Waals surface area contributed by atoms with Gasteiger partial charge < -0.3 is 9.47 Å². The van der Waals surface area contributed by atoms with Crippen LogP contribution in [0.3, 0.4) is 0 Å². The van der Waals surface area contributed by atoms with Gasteiger partial charge in [-0.1, -0.05) is 23.7 Å². The van der Waals surface area contributed by atoms with Crippen molar-refractivity contribution < 1.29 is 14.4 Å². The van der Waals surface area contributed by atoms with Gasteiger partial charge in [0.1, 0.15) is 0 Å². The molecule has 0 saturated heterocycles. The average molecular weight is 328 g/mol. The first-order chi connectivity index (χ1) is 10.1. The fraction of sp³-hybridized carbons (Fsp3) is 0.143. The van der Waals surface area contributed by atoms with Gasteiger partial charge in [0.05, 0.1) is 29.0 Å². The van der Waals surface area contributed by atoms with Crippen LogP contribution in [0.15, 0.2) is 36.4 Å². The Kier molecular flexibility index (Phi) is 4.88. The zero-order valence-electron chi connectivity index (χ0n) is 11.0. The molecule has 110 valence electrons. The zero-order chi connectivity index (χ0) is 15.4. The number of nitro groups is 1. The standard InChI is InChI=1S/C14H11Cl2NO4/c1-20-12-6-5-10(17(18)19)7-13(12)21-14-9(8-15)3-2-4-11(14)16/h2-7H,8H2,1H3. The fourth-order valence-electron chi connectivity index (χ4n) is 1.74. The SMILES string of the molecule is COc1ccc([N+](=O)[O-])cc1Oc1c(Cl)cccc1CCl. The minimum absolute atomic E-state index is 0.106. The van der Waals surface area contributed by atoms with Crippen LogP contribution in [0.1, 0.15) is 5.56 Å². The van der Waals surface area contributed by atoms with E-state index in [0.717, 1.165) is 0 Å². The molecule has 0 spiro atoms. The monoisotopic (exact) mass is 327 g/mol. The first-order valence-electron chi connectivity index (χ1n) is 5.90. The number of nitro benzene ring substituents is 1. The van der Waals surface area contributed by atoms with Crippen molar-refractivity contribution >= 4 is 28.9 Å². The van der Waals surface area contributed by atoms with Crippen molar-refractivity contribution in [2.75, 3.05) is 7.11 Å². The van der Waals surface area contributed by atoms with Crippen LogP contribution in [-0.4, -0.2) is 12.0 Å². The number of rotatable bonds is 5. The molecule has 0 atom stereocenters. The summed E-state index contributed by atoms with van der Waals surface area (Å²) in [6, 6.07) is 9.23. The van der Waals surface area contributed by atoms with E-state index in [-0.39, 0.29) is 17.3 Å². The summed E-state index contributed by atoms with van der Waals surface area (Å²) in [4.78, 5) is 10.3. The second kappa shape index (κ2) is 6.65. The number of non-ortho nitro benzene ring substituents is 1. The topological polar surface area (TPSA) is 61.6 Å². The minimum Gasteiger partial charge on any atom is -0.493 e. The number of methoxy groups -OCH3 is 1. The number of halogens is 2. The Morgan fingerprint density at radius 3 is 2.62 bits per heavy atom. The number of para-hydroxylation sites is 1. The van der Waals surface area contributed by atoms with Crippen molar-refractivity contribution in [2.45, 2.75) is 5.88 Å². The molecule has 2 aromatic carbocycles. The van der Waals surface area contributed by atoms with E-state index in [1.807, 2.05) is 0 Å². The number of nitrogens with zero attached hydrogens (tertiary/aromatic N) is 1. The maximum absolute atomic E-state index is 10.9. The number of alkyl halides is 1. The highest BCUT2D eigenvalue weighted by molar-refractivity contribution is 6.32. The van der Waals surface area contributed by atoms with Crippen molar-refractivity contribution in [1.29, 1.82) is 0 Å². The Hall–Kier alpha value is -1.98. The van der Waals surface area contributed by atoms with Crippen molar-refractivity contribution in [2.24, 2.45) is 0 Å². The third-order valence-corrected chi connectivity index (χ3v) is 3.35. The number of ether oxygens (including phenoxy) is 2. The Bertz CT molecular complexity index is 676. The number of hydrogen-bond donors (Lipinski definition) is 0. The second-order valence-corrected chi connectivity index (χ2v) is 4.73. The largest absolute Gasteiger partial charge is 0.493 e. The Morgan fingerprint density at radius 2 is 2.00 bits per heavy atom. The van der Waals surface area contributed by atoms with Gasteiger partial charge in [-0.25, -0.2) is 0 Å². The summed E-state index contributed by atoms with van der Waals surface area (Å²) in [6.07, 6.45) is 0. The summed E-state index contributed by atoms with van der Waals surface area (Å²) in [6.45, 7) is 0. The molecule has 0 bridgehead atoms. The van der Waals surface area contributed by atoms with Crippen molar-refractivity contribution in [3.8, 4) is 17.2 Å². The lowest BCUT2D eigenvalue weighted by Gasteiger charge is -2.13. The Balaban J connectivity index is 2.48. The molecule has 2 rings (SSSR count). The van der Waals surface area contributed by atoms with Gasteiger partial charge in [0.15, 0.2) is 17.2 Å². The Morgan fingerprint density at radius 1 is 1.24 bits per heavy atom. The van der Waals surface area contributed by atoms with Gasteiger partial charge >= 0.3 is 0 Å². The van der Waals surface area contributed by atoms with Gasteiger partial charge in [0, 0.05) is 11.6 Å². The van der Waals surface area contributed by atoms with Gasteiger partial charge in [-0.3, -0.25) is 10.1 Å². The highest BCUT2D eigenvalue weighted by atomic mass is 35.5. The van der Waals surface area contributed by atoms with E-state index < -0.39 is 4.92 Å². The molecule has 0 unspecified atom stereocenters. The van der Waals surface area contributed by atoms with Crippen LogP contribution >= 0.6 is 23.2 Å². The maximum atomic E-state index is 10.9. The van der Waals surface area contributed by atoms with Gasteiger partial charge in [0.2, 0.25) is 0 Å². The van der Waals surface area contributed by atoms with Crippen LogP contribution < -0.4 is 9.47 Å². The van der Waals surface area contributed by atoms with Gasteiger partial charge in [-0.15, -0.1) is 11.6 Å². The van der Waals surface area contributed by atoms with Crippen molar-refractivity contribution in [3.05, 3.63) is 57.1 Å². The zero-order valence-corrected chi connectivity index (χ0v) is 12.5. The quantitative estimate of drug-likeness (QED) is 0.450. The molecular formula is C14H11Cl2NO4. The van der Waals surface area contributed by atoms with Crippen LogP contribution in [0.5, 0.6) is 17.2 Å².